The minimum Gasteiger partial charge on any atom is -0.466 e. The molecule has 2 aromatic carbocycles. The lowest BCUT2D eigenvalue weighted by atomic mass is 10.1. The monoisotopic (exact) mass is 435 g/mol. The van der Waals surface area contributed by atoms with Gasteiger partial charge >= 0.3 is 13.8 Å². The highest BCUT2D eigenvalue weighted by Gasteiger charge is 2.31. The van der Waals surface area contributed by atoms with Crippen molar-refractivity contribution >= 4 is 19.7 Å². The van der Waals surface area contributed by atoms with Crippen LogP contribution >= 0.6 is 7.82 Å². The summed E-state index contributed by atoms with van der Waals surface area (Å²) >= 11 is 0. The first kappa shape index (κ1) is 23.8. The molecule has 0 fully saturated rings. The molecule has 0 aromatic heterocycles. The minimum absolute atomic E-state index is 0.0150. The zero-order valence-electron chi connectivity index (χ0n) is 16.7. The van der Waals surface area contributed by atoms with Gasteiger partial charge in [0.05, 0.1) is 19.6 Å². The summed E-state index contributed by atoms with van der Waals surface area (Å²) in [7, 11) is -4.52. The van der Waals surface area contributed by atoms with Gasteiger partial charge in [-0.25, -0.2) is 4.57 Å². The van der Waals surface area contributed by atoms with Crippen molar-refractivity contribution in [2.45, 2.75) is 32.5 Å². The Morgan fingerprint density at radius 2 is 1.63 bits per heavy atom. The van der Waals surface area contributed by atoms with Crippen LogP contribution in [0.25, 0.3) is 0 Å². The fourth-order valence-corrected chi connectivity index (χ4v) is 3.43. The van der Waals surface area contributed by atoms with Gasteiger partial charge in [0.1, 0.15) is 0 Å². The van der Waals surface area contributed by atoms with Crippen LogP contribution in [-0.2, 0) is 41.0 Å². The summed E-state index contributed by atoms with van der Waals surface area (Å²) in [5.41, 5.74) is 1.43. The number of hydrogen-bond acceptors (Lipinski definition) is 6. The summed E-state index contributed by atoms with van der Waals surface area (Å²) in [5.74, 6) is -1.07. The topological polar surface area (TPSA) is 111 Å². The molecule has 0 saturated carbocycles. The van der Waals surface area contributed by atoms with E-state index in [9.17, 15) is 19.0 Å². The van der Waals surface area contributed by atoms with Crippen molar-refractivity contribution in [3.8, 4) is 0 Å². The Kier molecular flexibility index (Phi) is 9.70. The van der Waals surface area contributed by atoms with Gasteiger partial charge in [-0.2, -0.15) is 0 Å². The average molecular weight is 435 g/mol. The number of ether oxygens (including phenoxy) is 1. The lowest BCUT2D eigenvalue weighted by Crippen LogP contribution is -2.38. The Hall–Kier alpha value is -2.51. The second-order valence-corrected chi connectivity index (χ2v) is 7.76. The number of phosphoric acid groups is 1. The molecule has 0 radical (unpaired) electrons. The Morgan fingerprint density at radius 1 is 1.03 bits per heavy atom. The number of benzene rings is 2. The van der Waals surface area contributed by atoms with E-state index in [1.54, 1.807) is 55.5 Å². The molecular weight excluding hydrogens is 409 g/mol. The molecule has 2 atom stereocenters. The first-order valence-electron chi connectivity index (χ1n) is 9.56. The molecule has 8 nitrogen and oxygen atoms in total. The van der Waals surface area contributed by atoms with E-state index in [-0.39, 0.29) is 32.6 Å². The summed E-state index contributed by atoms with van der Waals surface area (Å²) in [6.07, 6.45) is -1.23. The van der Waals surface area contributed by atoms with Crippen LogP contribution < -0.4 is 5.32 Å². The average Bonchev–Trinajstić information content (AvgIpc) is 2.73. The quantitative estimate of drug-likeness (QED) is 0.389. The molecular formula is C21H26NO7P. The molecule has 2 N–H and O–H groups in total. The van der Waals surface area contributed by atoms with Crippen molar-refractivity contribution in [3.05, 3.63) is 71.8 Å². The molecule has 0 bridgehead atoms. The standard InChI is InChI=1S/C21H26NO7P/c1-2-27-20(23)13-14-22-21(24)19(15-17-9-5-3-6-10-17)29-30(25,26)28-16-18-11-7-4-8-12-18/h3-12,19H,2,13-16H2,1H3,(H,22,24)(H,25,26)/t19-/m0/s1. The maximum Gasteiger partial charge on any atom is 0.473 e. The summed E-state index contributed by atoms with van der Waals surface area (Å²) < 4.78 is 27.5. The van der Waals surface area contributed by atoms with E-state index in [4.69, 9.17) is 13.8 Å². The maximum absolute atomic E-state index is 12.6. The number of carbonyl (C=O) groups excluding carboxylic acids is 2. The third-order valence-corrected chi connectivity index (χ3v) is 4.96. The number of amides is 1. The molecule has 0 saturated heterocycles. The van der Waals surface area contributed by atoms with Gasteiger partial charge in [-0.3, -0.25) is 18.6 Å². The van der Waals surface area contributed by atoms with Crippen molar-refractivity contribution in [2.24, 2.45) is 0 Å². The molecule has 0 aliphatic rings. The summed E-state index contributed by atoms with van der Waals surface area (Å²) in [4.78, 5) is 34.1. The van der Waals surface area contributed by atoms with Gasteiger partial charge in [0.15, 0.2) is 6.10 Å². The zero-order valence-corrected chi connectivity index (χ0v) is 17.6. The lowest BCUT2D eigenvalue weighted by molar-refractivity contribution is -0.143. The van der Waals surface area contributed by atoms with E-state index in [0.29, 0.717) is 5.56 Å². The molecule has 162 valence electrons. The fraction of sp³-hybridized carbons (Fsp3) is 0.333. The number of nitrogens with one attached hydrogen (secondary N) is 1. The molecule has 1 amide bonds. The van der Waals surface area contributed by atoms with Crippen molar-refractivity contribution in [2.75, 3.05) is 13.2 Å². The molecule has 0 heterocycles. The van der Waals surface area contributed by atoms with Crippen LogP contribution in [0, 0.1) is 0 Å². The van der Waals surface area contributed by atoms with Crippen molar-refractivity contribution in [3.63, 3.8) is 0 Å². The first-order valence-corrected chi connectivity index (χ1v) is 11.1. The Bertz CT molecular complexity index is 845. The Balaban J connectivity index is 1.99. The van der Waals surface area contributed by atoms with Crippen molar-refractivity contribution in [1.29, 1.82) is 0 Å². The van der Waals surface area contributed by atoms with Crippen LogP contribution in [-0.4, -0.2) is 36.0 Å². The van der Waals surface area contributed by atoms with E-state index in [1.807, 2.05) is 12.1 Å². The van der Waals surface area contributed by atoms with Gasteiger partial charge in [0.2, 0.25) is 5.91 Å². The van der Waals surface area contributed by atoms with Crippen LogP contribution in [0.1, 0.15) is 24.5 Å². The SMILES string of the molecule is CCOC(=O)CCNC(=O)[C@H](Cc1ccccc1)OP(=O)(O)OCc1ccccc1. The number of rotatable bonds is 12. The van der Waals surface area contributed by atoms with E-state index in [1.165, 1.54) is 0 Å². The largest absolute Gasteiger partial charge is 0.473 e. The van der Waals surface area contributed by atoms with Gasteiger partial charge in [0, 0.05) is 13.0 Å². The highest BCUT2D eigenvalue weighted by molar-refractivity contribution is 7.47. The summed E-state index contributed by atoms with van der Waals surface area (Å²) in [6.45, 7) is 1.82. The number of phosphoric ester groups is 1. The van der Waals surface area contributed by atoms with Crippen LogP contribution in [0.4, 0.5) is 0 Å². The second kappa shape index (κ2) is 12.2. The first-order chi connectivity index (χ1) is 14.4. The number of hydrogen-bond donors (Lipinski definition) is 2. The molecule has 0 spiro atoms. The fourth-order valence-electron chi connectivity index (χ4n) is 2.56. The molecule has 2 aromatic rings. The van der Waals surface area contributed by atoms with E-state index in [2.05, 4.69) is 5.32 Å². The molecule has 2 rings (SSSR count). The number of carbonyl (C=O) groups is 2. The van der Waals surface area contributed by atoms with E-state index >= 15 is 0 Å². The second-order valence-electron chi connectivity index (χ2n) is 6.36. The van der Waals surface area contributed by atoms with E-state index in [0.717, 1.165) is 5.56 Å². The molecule has 0 aliphatic heterocycles. The molecule has 0 aliphatic carbocycles. The predicted octanol–water partition coefficient (Wildman–Crippen LogP) is 3.00. The van der Waals surface area contributed by atoms with Gasteiger partial charge < -0.3 is 14.9 Å². The van der Waals surface area contributed by atoms with Crippen LogP contribution in [0.5, 0.6) is 0 Å². The maximum atomic E-state index is 12.6. The third-order valence-electron chi connectivity index (χ3n) is 3.99. The van der Waals surface area contributed by atoms with Crippen LogP contribution in [0.3, 0.4) is 0 Å². The normalized spacial score (nSPS) is 13.8. The Labute approximate surface area is 175 Å². The predicted molar refractivity (Wildman–Crippen MR) is 110 cm³/mol. The van der Waals surface area contributed by atoms with Gasteiger partial charge in [0.25, 0.3) is 0 Å². The van der Waals surface area contributed by atoms with E-state index < -0.39 is 25.8 Å². The van der Waals surface area contributed by atoms with Gasteiger partial charge in [-0.05, 0) is 18.1 Å². The van der Waals surface area contributed by atoms with Crippen molar-refractivity contribution < 1.29 is 32.8 Å². The van der Waals surface area contributed by atoms with Crippen molar-refractivity contribution in [1.82, 2.24) is 5.32 Å². The smallest absolute Gasteiger partial charge is 0.466 e. The third kappa shape index (κ3) is 8.88. The van der Waals surface area contributed by atoms with Gasteiger partial charge in [-0.15, -0.1) is 0 Å². The Morgan fingerprint density at radius 3 is 2.23 bits per heavy atom. The molecule has 30 heavy (non-hydrogen) atoms. The minimum atomic E-state index is -4.52. The highest BCUT2D eigenvalue weighted by atomic mass is 31.2. The zero-order chi connectivity index (χ0) is 21.8. The van der Waals surface area contributed by atoms with Crippen LogP contribution in [0.2, 0.25) is 0 Å². The summed E-state index contributed by atoms with van der Waals surface area (Å²) in [5, 5.41) is 2.54. The lowest BCUT2D eigenvalue weighted by Gasteiger charge is -2.20. The number of esters is 1. The van der Waals surface area contributed by atoms with Crippen LogP contribution in [0.15, 0.2) is 60.7 Å². The summed E-state index contributed by atoms with van der Waals surface area (Å²) in [6, 6.07) is 17.8. The molecule has 9 heteroatoms. The highest BCUT2D eigenvalue weighted by Crippen LogP contribution is 2.45. The molecule has 1 unspecified atom stereocenters. The van der Waals surface area contributed by atoms with Gasteiger partial charge in [-0.1, -0.05) is 60.7 Å².